The summed E-state index contributed by atoms with van der Waals surface area (Å²) in [6, 6.07) is 10.2. The van der Waals surface area contributed by atoms with Crippen LogP contribution < -0.4 is 10.6 Å². The van der Waals surface area contributed by atoms with Gasteiger partial charge in [-0.15, -0.1) is 0 Å². The van der Waals surface area contributed by atoms with Gasteiger partial charge in [0.05, 0.1) is 17.6 Å². The summed E-state index contributed by atoms with van der Waals surface area (Å²) in [4.78, 5) is 6.32. The zero-order valence-corrected chi connectivity index (χ0v) is 11.2. The van der Waals surface area contributed by atoms with Crippen molar-refractivity contribution in [3.05, 3.63) is 54.1 Å². The molecule has 2 aromatic rings. The molecule has 1 aromatic heterocycles. The molecule has 100 valence electrons. The van der Waals surface area contributed by atoms with Gasteiger partial charge in [0.15, 0.2) is 0 Å². The summed E-state index contributed by atoms with van der Waals surface area (Å²) in [5.74, 6) is -0.237. The number of hydrogen-bond donors (Lipinski definition) is 1. The Morgan fingerprint density at radius 2 is 1.79 bits per heavy atom. The molecule has 0 saturated carbocycles. The lowest BCUT2D eigenvalue weighted by Gasteiger charge is -2.19. The van der Waals surface area contributed by atoms with Crippen LogP contribution in [0.4, 0.5) is 15.8 Å². The Labute approximate surface area is 112 Å². The lowest BCUT2D eigenvalue weighted by Crippen LogP contribution is -2.13. The van der Waals surface area contributed by atoms with Crippen molar-refractivity contribution < 1.29 is 4.39 Å². The molecule has 1 atom stereocenters. The predicted molar refractivity (Wildman–Crippen MR) is 75.9 cm³/mol. The smallest absolute Gasteiger partial charge is 0.123 e. The van der Waals surface area contributed by atoms with Crippen LogP contribution in [0.5, 0.6) is 0 Å². The summed E-state index contributed by atoms with van der Waals surface area (Å²) in [6.45, 7) is 2.03. The van der Waals surface area contributed by atoms with Crippen LogP contribution in [-0.2, 0) is 0 Å². The zero-order valence-electron chi connectivity index (χ0n) is 11.2. The van der Waals surface area contributed by atoms with E-state index in [9.17, 15) is 4.39 Å². The van der Waals surface area contributed by atoms with Crippen molar-refractivity contribution in [2.24, 2.45) is 5.73 Å². The minimum atomic E-state index is -0.237. The molecule has 0 aliphatic carbocycles. The molecular formula is C15H18FN3. The first-order chi connectivity index (χ1) is 9.11. The fourth-order valence-electron chi connectivity index (χ4n) is 1.84. The molecule has 0 saturated heterocycles. The fraction of sp³-hybridized carbons (Fsp3) is 0.267. The lowest BCUT2D eigenvalue weighted by molar-refractivity contribution is 0.628. The van der Waals surface area contributed by atoms with Gasteiger partial charge < -0.3 is 10.6 Å². The SMILES string of the molecule is CC[C@@H](N)c1ccc(N(C)c2ccc(F)cc2)cn1. The van der Waals surface area contributed by atoms with Gasteiger partial charge in [-0.1, -0.05) is 6.92 Å². The standard InChI is InChI=1S/C15H18FN3/c1-3-14(17)15-9-8-13(10-18-15)19(2)12-6-4-11(16)5-7-12/h4-10,14H,3,17H2,1-2H3/t14-/m1/s1. The number of nitrogens with two attached hydrogens (primary N) is 1. The molecule has 2 rings (SSSR count). The van der Waals surface area contributed by atoms with E-state index in [1.165, 1.54) is 12.1 Å². The molecule has 0 amide bonds. The quantitative estimate of drug-likeness (QED) is 0.915. The second-order valence-electron chi connectivity index (χ2n) is 4.49. The third-order valence-corrected chi connectivity index (χ3v) is 3.19. The van der Waals surface area contributed by atoms with Crippen LogP contribution in [0.15, 0.2) is 42.6 Å². The van der Waals surface area contributed by atoms with E-state index >= 15 is 0 Å². The van der Waals surface area contributed by atoms with Gasteiger partial charge in [0.25, 0.3) is 0 Å². The van der Waals surface area contributed by atoms with E-state index in [-0.39, 0.29) is 11.9 Å². The summed E-state index contributed by atoms with van der Waals surface area (Å²) in [6.07, 6.45) is 2.65. The molecule has 3 nitrogen and oxygen atoms in total. The number of anilines is 2. The Hall–Kier alpha value is -1.94. The minimum absolute atomic E-state index is 0.0230. The Kier molecular flexibility index (Phi) is 4.12. The molecule has 0 radical (unpaired) electrons. The highest BCUT2D eigenvalue weighted by molar-refractivity contribution is 5.61. The van der Waals surface area contributed by atoms with Gasteiger partial charge in [0, 0.05) is 18.8 Å². The van der Waals surface area contributed by atoms with Crippen LogP contribution in [-0.4, -0.2) is 12.0 Å². The van der Waals surface area contributed by atoms with Crippen molar-refractivity contribution in [2.45, 2.75) is 19.4 Å². The second kappa shape index (κ2) is 5.80. The summed E-state index contributed by atoms with van der Waals surface area (Å²) in [5.41, 5.74) is 8.67. The van der Waals surface area contributed by atoms with Crippen LogP contribution in [0.3, 0.4) is 0 Å². The zero-order chi connectivity index (χ0) is 13.8. The average Bonchev–Trinajstić information content (AvgIpc) is 2.46. The lowest BCUT2D eigenvalue weighted by atomic mass is 10.1. The number of nitrogens with zero attached hydrogens (tertiary/aromatic N) is 2. The molecule has 19 heavy (non-hydrogen) atoms. The first-order valence-corrected chi connectivity index (χ1v) is 6.32. The maximum atomic E-state index is 12.9. The fourth-order valence-corrected chi connectivity index (χ4v) is 1.84. The van der Waals surface area contributed by atoms with Gasteiger partial charge >= 0.3 is 0 Å². The first kappa shape index (κ1) is 13.5. The Morgan fingerprint density at radius 3 is 2.32 bits per heavy atom. The van der Waals surface area contributed by atoms with Crippen molar-refractivity contribution in [1.29, 1.82) is 0 Å². The van der Waals surface area contributed by atoms with E-state index in [0.717, 1.165) is 23.5 Å². The molecule has 0 spiro atoms. The number of pyridine rings is 1. The Balaban J connectivity index is 2.19. The van der Waals surface area contributed by atoms with Gasteiger partial charge in [-0.25, -0.2) is 4.39 Å². The highest BCUT2D eigenvalue weighted by Gasteiger charge is 2.07. The molecule has 0 aliphatic heterocycles. The molecule has 0 fully saturated rings. The van der Waals surface area contributed by atoms with Gasteiger partial charge in [0.2, 0.25) is 0 Å². The van der Waals surface area contributed by atoms with Gasteiger partial charge in [-0.2, -0.15) is 0 Å². The molecular weight excluding hydrogens is 241 g/mol. The summed E-state index contributed by atoms with van der Waals surface area (Å²) < 4.78 is 12.9. The van der Waals surface area contributed by atoms with E-state index in [4.69, 9.17) is 5.73 Å². The van der Waals surface area contributed by atoms with E-state index in [2.05, 4.69) is 4.98 Å². The number of aromatic nitrogens is 1. The van der Waals surface area contributed by atoms with E-state index in [1.807, 2.05) is 31.0 Å². The van der Waals surface area contributed by atoms with E-state index in [0.29, 0.717) is 0 Å². The highest BCUT2D eigenvalue weighted by Crippen LogP contribution is 2.23. The molecule has 0 aliphatic rings. The number of halogens is 1. The summed E-state index contributed by atoms with van der Waals surface area (Å²) >= 11 is 0. The van der Waals surface area contributed by atoms with Crippen molar-refractivity contribution in [3.8, 4) is 0 Å². The number of rotatable bonds is 4. The molecule has 4 heteroatoms. The monoisotopic (exact) mass is 259 g/mol. The van der Waals surface area contributed by atoms with Crippen molar-refractivity contribution in [3.63, 3.8) is 0 Å². The van der Waals surface area contributed by atoms with Crippen LogP contribution in [0.25, 0.3) is 0 Å². The molecule has 2 N–H and O–H groups in total. The van der Waals surface area contributed by atoms with Crippen LogP contribution >= 0.6 is 0 Å². The molecule has 1 aromatic carbocycles. The Morgan fingerprint density at radius 1 is 1.16 bits per heavy atom. The van der Waals surface area contributed by atoms with Gasteiger partial charge in [-0.3, -0.25) is 4.98 Å². The van der Waals surface area contributed by atoms with Crippen LogP contribution in [0.1, 0.15) is 25.1 Å². The molecule has 1 heterocycles. The normalized spacial score (nSPS) is 12.2. The topological polar surface area (TPSA) is 42.1 Å². The Bertz CT molecular complexity index is 522. The number of hydrogen-bond acceptors (Lipinski definition) is 3. The molecule has 0 bridgehead atoms. The van der Waals surface area contributed by atoms with Crippen LogP contribution in [0.2, 0.25) is 0 Å². The second-order valence-corrected chi connectivity index (χ2v) is 4.49. The van der Waals surface area contributed by atoms with E-state index in [1.54, 1.807) is 18.3 Å². The van der Waals surface area contributed by atoms with Crippen LogP contribution in [0, 0.1) is 5.82 Å². The first-order valence-electron chi connectivity index (χ1n) is 6.32. The highest BCUT2D eigenvalue weighted by atomic mass is 19.1. The third-order valence-electron chi connectivity index (χ3n) is 3.19. The maximum absolute atomic E-state index is 12.9. The predicted octanol–water partition coefficient (Wildman–Crippen LogP) is 3.40. The van der Waals surface area contributed by atoms with Gasteiger partial charge in [-0.05, 0) is 42.8 Å². The maximum Gasteiger partial charge on any atom is 0.123 e. The summed E-state index contributed by atoms with van der Waals surface area (Å²) in [5, 5.41) is 0. The van der Waals surface area contributed by atoms with Crippen molar-refractivity contribution >= 4 is 11.4 Å². The largest absolute Gasteiger partial charge is 0.343 e. The van der Waals surface area contributed by atoms with Crippen molar-refractivity contribution in [2.75, 3.05) is 11.9 Å². The van der Waals surface area contributed by atoms with Crippen molar-refractivity contribution in [1.82, 2.24) is 4.98 Å². The number of benzene rings is 1. The minimum Gasteiger partial charge on any atom is -0.343 e. The summed E-state index contributed by atoms with van der Waals surface area (Å²) in [7, 11) is 1.92. The third kappa shape index (κ3) is 3.09. The molecule has 0 unspecified atom stereocenters. The average molecular weight is 259 g/mol. The van der Waals surface area contributed by atoms with Gasteiger partial charge in [0.1, 0.15) is 5.82 Å². The van der Waals surface area contributed by atoms with E-state index < -0.39 is 0 Å².